The number of carbonyl (C=O) groups excluding carboxylic acids is 1. The van der Waals surface area contributed by atoms with E-state index in [9.17, 15) is 4.79 Å². The summed E-state index contributed by atoms with van der Waals surface area (Å²) in [6, 6.07) is 7.41. The number of pyridine rings is 1. The summed E-state index contributed by atoms with van der Waals surface area (Å²) in [6.07, 6.45) is 4.63. The van der Waals surface area contributed by atoms with Gasteiger partial charge in [-0.15, -0.1) is 0 Å². The highest BCUT2D eigenvalue weighted by Gasteiger charge is 2.10. The molecule has 0 saturated carbocycles. The van der Waals surface area contributed by atoms with Gasteiger partial charge >= 0.3 is 0 Å². The van der Waals surface area contributed by atoms with Gasteiger partial charge in [-0.1, -0.05) is 6.07 Å². The molecule has 0 aliphatic rings. The molecule has 2 aromatic heterocycles. The van der Waals surface area contributed by atoms with Crippen LogP contribution in [0.4, 0.5) is 5.69 Å². The van der Waals surface area contributed by atoms with Gasteiger partial charge in [0.25, 0.3) is 5.91 Å². The summed E-state index contributed by atoms with van der Waals surface area (Å²) >= 11 is 3.44. The highest BCUT2D eigenvalue weighted by atomic mass is 79.9. The summed E-state index contributed by atoms with van der Waals surface area (Å²) in [5.74, 6) is -0.236. The maximum Gasteiger partial charge on any atom is 0.257 e. The van der Waals surface area contributed by atoms with Crippen LogP contribution >= 0.6 is 15.9 Å². The van der Waals surface area contributed by atoms with Gasteiger partial charge in [0.15, 0.2) is 5.65 Å². The summed E-state index contributed by atoms with van der Waals surface area (Å²) < 4.78 is 0.837. The fraction of sp³-hybridized carbons (Fsp3) is 0.0667. The molecule has 5 nitrogen and oxygen atoms in total. The Morgan fingerprint density at radius 1 is 1.14 bits per heavy atom. The van der Waals surface area contributed by atoms with Crippen LogP contribution in [0.1, 0.15) is 15.9 Å². The van der Waals surface area contributed by atoms with Crippen molar-refractivity contribution in [1.29, 1.82) is 0 Å². The van der Waals surface area contributed by atoms with E-state index in [1.807, 2.05) is 25.1 Å². The molecule has 6 heteroatoms. The molecule has 0 unspecified atom stereocenters. The van der Waals surface area contributed by atoms with Crippen molar-refractivity contribution >= 4 is 38.7 Å². The lowest BCUT2D eigenvalue weighted by molar-refractivity contribution is 0.102. The van der Waals surface area contributed by atoms with E-state index in [1.165, 1.54) is 6.20 Å². The van der Waals surface area contributed by atoms with E-state index in [0.29, 0.717) is 22.4 Å². The van der Waals surface area contributed by atoms with Gasteiger partial charge < -0.3 is 5.32 Å². The third kappa shape index (κ3) is 2.90. The highest BCUT2D eigenvalue weighted by molar-refractivity contribution is 9.10. The summed E-state index contributed by atoms with van der Waals surface area (Å²) in [4.78, 5) is 24.6. The van der Waals surface area contributed by atoms with Crippen molar-refractivity contribution in [2.45, 2.75) is 6.92 Å². The molecule has 1 N–H and O–H groups in total. The molecule has 0 aliphatic heterocycles. The van der Waals surface area contributed by atoms with Crippen molar-refractivity contribution in [2.24, 2.45) is 0 Å². The smallest absolute Gasteiger partial charge is 0.257 e. The number of rotatable bonds is 2. The zero-order valence-corrected chi connectivity index (χ0v) is 12.8. The minimum absolute atomic E-state index is 0.236. The summed E-state index contributed by atoms with van der Waals surface area (Å²) in [6.45, 7) is 1.99. The van der Waals surface area contributed by atoms with Crippen LogP contribution in [0.3, 0.4) is 0 Å². The predicted molar refractivity (Wildman–Crippen MR) is 84.2 cm³/mol. The molecule has 0 aliphatic carbocycles. The first-order valence-corrected chi connectivity index (χ1v) is 7.07. The van der Waals surface area contributed by atoms with E-state index in [-0.39, 0.29) is 5.91 Å². The van der Waals surface area contributed by atoms with E-state index in [0.717, 1.165) is 10.0 Å². The number of anilines is 1. The van der Waals surface area contributed by atoms with Gasteiger partial charge in [-0.2, -0.15) is 0 Å². The van der Waals surface area contributed by atoms with Crippen molar-refractivity contribution in [1.82, 2.24) is 15.0 Å². The lowest BCUT2D eigenvalue weighted by Crippen LogP contribution is -2.12. The number of aromatic nitrogens is 3. The lowest BCUT2D eigenvalue weighted by Gasteiger charge is -2.08. The number of amides is 1. The zero-order valence-electron chi connectivity index (χ0n) is 11.2. The standard InChI is InChI=1S/C15H11BrN4O/c1-9-2-3-12(11(16)6-9)20-15(21)10-7-13-14(19-8-10)18-5-4-17-13/h2-8H,1H3,(H,20,21). The Morgan fingerprint density at radius 2 is 1.95 bits per heavy atom. The van der Waals surface area contributed by atoms with Gasteiger partial charge in [0.05, 0.1) is 11.3 Å². The van der Waals surface area contributed by atoms with Gasteiger partial charge in [-0.25, -0.2) is 9.97 Å². The molecule has 2 heterocycles. The third-order valence-electron chi connectivity index (χ3n) is 2.96. The predicted octanol–water partition coefficient (Wildman–Crippen LogP) is 3.35. The van der Waals surface area contributed by atoms with Crippen LogP contribution in [0.15, 0.2) is 47.3 Å². The first kappa shape index (κ1) is 13.6. The van der Waals surface area contributed by atoms with Crippen LogP contribution in [0.2, 0.25) is 0 Å². The number of nitrogens with zero attached hydrogens (tertiary/aromatic N) is 3. The highest BCUT2D eigenvalue weighted by Crippen LogP contribution is 2.24. The molecule has 0 fully saturated rings. The quantitative estimate of drug-likeness (QED) is 0.775. The molecule has 0 spiro atoms. The van der Waals surface area contributed by atoms with Gasteiger partial charge in [0, 0.05) is 23.1 Å². The molecule has 104 valence electrons. The van der Waals surface area contributed by atoms with Crippen LogP contribution < -0.4 is 5.32 Å². The van der Waals surface area contributed by atoms with E-state index < -0.39 is 0 Å². The van der Waals surface area contributed by atoms with E-state index >= 15 is 0 Å². The first-order chi connectivity index (χ1) is 10.1. The molecule has 1 aromatic carbocycles. The summed E-state index contributed by atoms with van der Waals surface area (Å²) in [5.41, 5.74) is 3.38. The van der Waals surface area contributed by atoms with E-state index in [2.05, 4.69) is 36.2 Å². The van der Waals surface area contributed by atoms with Crippen molar-refractivity contribution in [3.63, 3.8) is 0 Å². The summed E-state index contributed by atoms with van der Waals surface area (Å²) in [5, 5.41) is 2.84. The fourth-order valence-corrected chi connectivity index (χ4v) is 2.49. The summed E-state index contributed by atoms with van der Waals surface area (Å²) in [7, 11) is 0. The van der Waals surface area contributed by atoms with Gasteiger partial charge in [-0.05, 0) is 46.6 Å². The number of hydrogen-bond acceptors (Lipinski definition) is 4. The van der Waals surface area contributed by atoms with E-state index in [1.54, 1.807) is 18.5 Å². The lowest BCUT2D eigenvalue weighted by atomic mass is 10.2. The second-order valence-corrected chi connectivity index (χ2v) is 5.41. The molecule has 0 bridgehead atoms. The normalized spacial score (nSPS) is 10.6. The average Bonchev–Trinajstić information content (AvgIpc) is 2.49. The van der Waals surface area contributed by atoms with Gasteiger partial charge in [0.2, 0.25) is 0 Å². The SMILES string of the molecule is Cc1ccc(NC(=O)c2cnc3nccnc3c2)c(Br)c1. The van der Waals surface area contributed by atoms with Crippen LogP contribution in [0.5, 0.6) is 0 Å². The average molecular weight is 343 g/mol. The number of benzene rings is 1. The molecular formula is C15H11BrN4O. The largest absolute Gasteiger partial charge is 0.321 e. The first-order valence-electron chi connectivity index (χ1n) is 6.28. The van der Waals surface area contributed by atoms with Gasteiger partial charge in [-0.3, -0.25) is 9.78 Å². The van der Waals surface area contributed by atoms with Crippen molar-refractivity contribution < 1.29 is 4.79 Å². The minimum atomic E-state index is -0.236. The fourth-order valence-electron chi connectivity index (χ4n) is 1.90. The van der Waals surface area contributed by atoms with E-state index in [4.69, 9.17) is 0 Å². The van der Waals surface area contributed by atoms with Crippen LogP contribution in [0.25, 0.3) is 11.2 Å². The van der Waals surface area contributed by atoms with Crippen LogP contribution in [0, 0.1) is 6.92 Å². The Morgan fingerprint density at radius 3 is 2.76 bits per heavy atom. The zero-order chi connectivity index (χ0) is 14.8. The number of nitrogens with one attached hydrogen (secondary N) is 1. The second kappa shape index (κ2) is 5.57. The number of aryl methyl sites for hydroxylation is 1. The molecule has 3 aromatic rings. The second-order valence-electron chi connectivity index (χ2n) is 4.56. The molecular weight excluding hydrogens is 332 g/mol. The Kier molecular flexibility index (Phi) is 3.62. The van der Waals surface area contributed by atoms with Crippen molar-refractivity contribution in [3.05, 3.63) is 58.5 Å². The Hall–Kier alpha value is -2.34. The number of hydrogen-bond donors (Lipinski definition) is 1. The van der Waals surface area contributed by atoms with Crippen LogP contribution in [-0.4, -0.2) is 20.9 Å². The molecule has 0 atom stereocenters. The molecule has 3 rings (SSSR count). The maximum absolute atomic E-state index is 12.3. The number of halogens is 1. The molecule has 0 saturated heterocycles. The van der Waals surface area contributed by atoms with Crippen molar-refractivity contribution in [3.8, 4) is 0 Å². The Balaban J connectivity index is 1.89. The number of carbonyl (C=O) groups is 1. The van der Waals surface area contributed by atoms with Crippen LogP contribution in [-0.2, 0) is 0 Å². The van der Waals surface area contributed by atoms with Crippen molar-refractivity contribution in [2.75, 3.05) is 5.32 Å². The maximum atomic E-state index is 12.3. The monoisotopic (exact) mass is 342 g/mol. The minimum Gasteiger partial charge on any atom is -0.321 e. The Bertz CT molecular complexity index is 835. The molecule has 1 amide bonds. The Labute approximate surface area is 129 Å². The third-order valence-corrected chi connectivity index (χ3v) is 3.62. The topological polar surface area (TPSA) is 67.8 Å². The molecule has 0 radical (unpaired) electrons. The molecule has 21 heavy (non-hydrogen) atoms. The number of fused-ring (bicyclic) bond motifs is 1. The van der Waals surface area contributed by atoms with Gasteiger partial charge in [0.1, 0.15) is 5.52 Å².